The van der Waals surface area contributed by atoms with Crippen LogP contribution in [0.15, 0.2) is 72.4 Å². The molecule has 0 bridgehead atoms. The number of methoxy groups -OCH3 is 1. The average molecular weight is 478 g/mol. The van der Waals surface area contributed by atoms with E-state index in [4.69, 9.17) is 16.3 Å². The molecule has 2 heterocycles. The monoisotopic (exact) mass is 477 g/mol. The van der Waals surface area contributed by atoms with Crippen molar-refractivity contribution in [1.82, 2.24) is 4.98 Å². The van der Waals surface area contributed by atoms with Gasteiger partial charge in [0.25, 0.3) is 11.7 Å². The number of nitrogens with one attached hydrogen (secondary N) is 1. The molecule has 1 saturated heterocycles. The number of aromatic nitrogens is 1. The number of carbonyl (C=O) groups is 3. The van der Waals surface area contributed by atoms with Crippen LogP contribution < -0.4 is 15.0 Å². The van der Waals surface area contributed by atoms with E-state index in [1.54, 1.807) is 48.7 Å². The Morgan fingerprint density at radius 1 is 1.12 bits per heavy atom. The van der Waals surface area contributed by atoms with E-state index in [0.717, 1.165) is 0 Å². The largest absolute Gasteiger partial charge is 0.507 e. The first-order valence-corrected chi connectivity index (χ1v) is 10.6. The van der Waals surface area contributed by atoms with Gasteiger partial charge in [-0.15, -0.1) is 0 Å². The molecule has 0 spiro atoms. The fourth-order valence-corrected chi connectivity index (χ4v) is 3.98. The summed E-state index contributed by atoms with van der Waals surface area (Å²) in [6, 6.07) is 15.1. The highest BCUT2D eigenvalue weighted by Crippen LogP contribution is 2.42. The van der Waals surface area contributed by atoms with Crippen molar-refractivity contribution in [3.05, 3.63) is 88.7 Å². The lowest BCUT2D eigenvalue weighted by Gasteiger charge is -2.24. The number of ether oxygens (including phenoxy) is 1. The number of aliphatic hydroxyl groups excluding tert-OH is 1. The molecular weight excluding hydrogens is 458 g/mol. The Hall–Kier alpha value is -4.17. The van der Waals surface area contributed by atoms with Crippen LogP contribution in [0.2, 0.25) is 5.02 Å². The molecule has 34 heavy (non-hydrogen) atoms. The molecule has 8 nitrogen and oxygen atoms in total. The number of pyridine rings is 1. The summed E-state index contributed by atoms with van der Waals surface area (Å²) in [6.45, 7) is 1.39. The molecule has 0 radical (unpaired) electrons. The number of rotatable bonds is 5. The number of aliphatic hydroxyl groups is 1. The van der Waals surface area contributed by atoms with Crippen molar-refractivity contribution in [2.24, 2.45) is 0 Å². The maximum atomic E-state index is 13.2. The highest BCUT2D eigenvalue weighted by atomic mass is 35.5. The van der Waals surface area contributed by atoms with Crippen LogP contribution in [-0.4, -0.2) is 34.8 Å². The van der Waals surface area contributed by atoms with E-state index in [9.17, 15) is 19.5 Å². The number of hydrogen-bond acceptors (Lipinski definition) is 6. The maximum absolute atomic E-state index is 13.2. The van der Waals surface area contributed by atoms with E-state index in [1.165, 1.54) is 37.1 Å². The minimum atomic E-state index is -0.977. The topological polar surface area (TPSA) is 109 Å². The zero-order valence-electron chi connectivity index (χ0n) is 18.3. The molecular formula is C25H20ClN3O5. The summed E-state index contributed by atoms with van der Waals surface area (Å²) < 4.78 is 5.22. The number of benzene rings is 2. The summed E-state index contributed by atoms with van der Waals surface area (Å²) in [5, 5.41) is 14.2. The van der Waals surface area contributed by atoms with Crippen LogP contribution >= 0.6 is 11.6 Å². The first-order chi connectivity index (χ1) is 16.3. The van der Waals surface area contributed by atoms with Gasteiger partial charge in [0.05, 0.1) is 23.4 Å². The fourth-order valence-electron chi connectivity index (χ4n) is 3.79. The minimum Gasteiger partial charge on any atom is -0.507 e. The number of nitrogens with zero attached hydrogens (tertiary/aromatic N) is 2. The Labute approximate surface area is 200 Å². The Kier molecular flexibility index (Phi) is 6.34. The van der Waals surface area contributed by atoms with Gasteiger partial charge in [0.2, 0.25) is 5.91 Å². The first-order valence-electron chi connectivity index (χ1n) is 10.2. The van der Waals surface area contributed by atoms with Crippen LogP contribution in [0.5, 0.6) is 5.75 Å². The molecule has 9 heteroatoms. The zero-order valence-corrected chi connectivity index (χ0v) is 19.0. The summed E-state index contributed by atoms with van der Waals surface area (Å²) in [7, 11) is 1.43. The molecule has 4 rings (SSSR count). The van der Waals surface area contributed by atoms with Crippen molar-refractivity contribution >= 4 is 46.3 Å². The van der Waals surface area contributed by atoms with E-state index in [1.807, 2.05) is 0 Å². The molecule has 1 aromatic heterocycles. The second kappa shape index (κ2) is 9.36. The lowest BCUT2D eigenvalue weighted by Crippen LogP contribution is -2.29. The zero-order chi connectivity index (χ0) is 24.4. The van der Waals surface area contributed by atoms with Gasteiger partial charge < -0.3 is 15.2 Å². The van der Waals surface area contributed by atoms with Crippen molar-refractivity contribution < 1.29 is 24.2 Å². The summed E-state index contributed by atoms with van der Waals surface area (Å²) >= 11 is 6.10. The first kappa shape index (κ1) is 23.0. The van der Waals surface area contributed by atoms with Gasteiger partial charge in [0, 0.05) is 30.1 Å². The number of carbonyl (C=O) groups excluding carboxylic acids is 3. The third kappa shape index (κ3) is 4.23. The SMILES string of the molecule is COc1cc(/C(O)=C2/C(=O)C(=O)N(c3ccc(NC(C)=O)cc3)C2c2ccccn2)ccc1Cl. The van der Waals surface area contributed by atoms with Crippen molar-refractivity contribution in [1.29, 1.82) is 0 Å². The fraction of sp³-hybridized carbons (Fsp3) is 0.120. The van der Waals surface area contributed by atoms with Gasteiger partial charge in [-0.1, -0.05) is 17.7 Å². The Morgan fingerprint density at radius 3 is 2.47 bits per heavy atom. The molecule has 1 unspecified atom stereocenters. The summed E-state index contributed by atoms with van der Waals surface area (Å²) in [6.07, 6.45) is 1.54. The van der Waals surface area contributed by atoms with E-state index in [0.29, 0.717) is 27.8 Å². The lowest BCUT2D eigenvalue weighted by molar-refractivity contribution is -0.132. The van der Waals surface area contributed by atoms with E-state index in [2.05, 4.69) is 10.3 Å². The van der Waals surface area contributed by atoms with Crippen molar-refractivity contribution in [2.75, 3.05) is 17.3 Å². The van der Waals surface area contributed by atoms with Gasteiger partial charge in [-0.25, -0.2) is 0 Å². The van der Waals surface area contributed by atoms with E-state index in [-0.39, 0.29) is 22.8 Å². The van der Waals surface area contributed by atoms with Crippen LogP contribution in [0.1, 0.15) is 24.2 Å². The van der Waals surface area contributed by atoms with Gasteiger partial charge in [-0.2, -0.15) is 0 Å². The number of anilines is 2. The van der Waals surface area contributed by atoms with E-state index >= 15 is 0 Å². The Morgan fingerprint density at radius 2 is 1.85 bits per heavy atom. The Balaban J connectivity index is 1.87. The maximum Gasteiger partial charge on any atom is 0.300 e. The van der Waals surface area contributed by atoms with Crippen molar-refractivity contribution in [2.45, 2.75) is 13.0 Å². The Bertz CT molecular complexity index is 1310. The van der Waals surface area contributed by atoms with Gasteiger partial charge in [-0.3, -0.25) is 24.3 Å². The van der Waals surface area contributed by atoms with Gasteiger partial charge in [-0.05, 0) is 54.6 Å². The number of hydrogen-bond donors (Lipinski definition) is 2. The van der Waals surface area contributed by atoms with Gasteiger partial charge >= 0.3 is 0 Å². The summed E-state index contributed by atoms with van der Waals surface area (Å²) in [5.74, 6) is -1.97. The van der Waals surface area contributed by atoms with Crippen LogP contribution in [0, 0.1) is 0 Å². The normalized spacial score (nSPS) is 17.0. The van der Waals surface area contributed by atoms with Crippen LogP contribution in [-0.2, 0) is 14.4 Å². The second-order valence-electron chi connectivity index (χ2n) is 7.50. The molecule has 0 saturated carbocycles. The predicted molar refractivity (Wildman–Crippen MR) is 128 cm³/mol. The predicted octanol–water partition coefficient (Wildman–Crippen LogP) is 4.33. The molecule has 2 N–H and O–H groups in total. The highest BCUT2D eigenvalue weighted by molar-refractivity contribution is 6.51. The molecule has 1 aliphatic heterocycles. The number of ketones is 1. The average Bonchev–Trinajstić information content (AvgIpc) is 3.10. The summed E-state index contributed by atoms with van der Waals surface area (Å²) in [5.41, 5.74) is 1.49. The summed E-state index contributed by atoms with van der Waals surface area (Å²) in [4.78, 5) is 43.3. The molecule has 0 aliphatic carbocycles. The van der Waals surface area contributed by atoms with Gasteiger partial charge in [0.15, 0.2) is 0 Å². The number of amides is 2. The van der Waals surface area contributed by atoms with Crippen molar-refractivity contribution in [3.8, 4) is 5.75 Å². The third-order valence-electron chi connectivity index (χ3n) is 5.30. The second-order valence-corrected chi connectivity index (χ2v) is 7.91. The van der Waals surface area contributed by atoms with Crippen molar-refractivity contribution in [3.63, 3.8) is 0 Å². The molecule has 1 aliphatic rings. The lowest BCUT2D eigenvalue weighted by atomic mass is 9.98. The molecule has 2 aromatic carbocycles. The van der Waals surface area contributed by atoms with Gasteiger partial charge in [0.1, 0.15) is 17.6 Å². The van der Waals surface area contributed by atoms with Crippen LogP contribution in [0.25, 0.3) is 5.76 Å². The molecule has 1 atom stereocenters. The number of Topliss-reactive ketones (excluding diaryl/α,β-unsaturated/α-hetero) is 1. The number of halogens is 1. The quantitative estimate of drug-likeness (QED) is 0.321. The molecule has 1 fully saturated rings. The molecule has 2 amide bonds. The van der Waals surface area contributed by atoms with Crippen LogP contribution in [0.4, 0.5) is 11.4 Å². The molecule has 172 valence electrons. The standard InChI is InChI=1S/C25H20ClN3O5/c1-14(30)28-16-7-9-17(10-8-16)29-22(19-5-3-4-12-27-19)21(24(32)25(29)33)23(31)15-6-11-18(26)20(13-15)34-2/h3-13,22,31H,1-2H3,(H,28,30)/b23-21-. The van der Waals surface area contributed by atoms with E-state index < -0.39 is 17.7 Å². The molecule has 3 aromatic rings. The highest BCUT2D eigenvalue weighted by Gasteiger charge is 2.47. The van der Waals surface area contributed by atoms with Crippen LogP contribution in [0.3, 0.4) is 0 Å². The third-order valence-corrected chi connectivity index (χ3v) is 5.61. The smallest absolute Gasteiger partial charge is 0.300 e. The minimum absolute atomic E-state index is 0.112.